The van der Waals surface area contributed by atoms with Gasteiger partial charge in [0.25, 0.3) is 5.91 Å². The molecule has 42 heavy (non-hydrogen) atoms. The van der Waals surface area contributed by atoms with Gasteiger partial charge in [0.15, 0.2) is 31.2 Å². The molecule has 0 fully saturated rings. The molecule has 0 unspecified atom stereocenters. The van der Waals surface area contributed by atoms with Crippen molar-refractivity contribution >= 4 is 37.3 Å². The lowest BCUT2D eigenvalue weighted by Crippen LogP contribution is -2.23. The first-order valence-electron chi connectivity index (χ1n) is 13.2. The Bertz CT molecular complexity index is 1850. The standard InChI is InChI=1S/C29H32N4O7S2/c1-5-15-41(35,36)27-23-18-22(21-9-12-30-13-10-21)11-14-33(23)26(28(27)42(37,38)16-6-2)29(34)32-31-19-20-7-8-24(39-3)25(17-20)40-4/h7-14,17-19H,5-6,15-16H2,1-4H3,(H,32,34)/b31-19+. The number of ether oxygens (including phenoxy) is 2. The summed E-state index contributed by atoms with van der Waals surface area (Å²) in [6, 6.07) is 11.8. The van der Waals surface area contributed by atoms with E-state index >= 15 is 0 Å². The number of nitrogens with zero attached hydrogens (tertiary/aromatic N) is 3. The van der Waals surface area contributed by atoms with Crippen LogP contribution in [0.2, 0.25) is 0 Å². The van der Waals surface area contributed by atoms with Crippen LogP contribution in [0.15, 0.2) is 75.9 Å². The maximum absolute atomic E-state index is 13.6. The van der Waals surface area contributed by atoms with Crippen LogP contribution in [-0.2, 0) is 19.7 Å². The van der Waals surface area contributed by atoms with Gasteiger partial charge < -0.3 is 13.9 Å². The molecule has 0 spiro atoms. The average molecular weight is 613 g/mol. The van der Waals surface area contributed by atoms with Crippen LogP contribution >= 0.6 is 0 Å². The van der Waals surface area contributed by atoms with Crippen molar-refractivity contribution in [2.45, 2.75) is 36.5 Å². The summed E-state index contributed by atoms with van der Waals surface area (Å²) in [6.45, 7) is 3.36. The summed E-state index contributed by atoms with van der Waals surface area (Å²) >= 11 is 0. The fourth-order valence-corrected chi connectivity index (χ4v) is 8.59. The first-order chi connectivity index (χ1) is 20.1. The highest BCUT2D eigenvalue weighted by Gasteiger charge is 2.37. The third-order valence-corrected chi connectivity index (χ3v) is 10.5. The molecule has 0 aliphatic heterocycles. The molecule has 0 aliphatic carbocycles. The SMILES string of the molecule is CCCS(=O)(=O)c1c(S(=O)(=O)CCC)c2cc(-c3ccncc3)ccn2c1C(=O)N/N=C/c1ccc(OC)c(OC)c1. The van der Waals surface area contributed by atoms with Gasteiger partial charge in [-0.15, -0.1) is 0 Å². The monoisotopic (exact) mass is 612 g/mol. The molecule has 0 saturated heterocycles. The number of nitrogens with one attached hydrogen (secondary N) is 1. The second-order valence-corrected chi connectivity index (χ2v) is 13.5. The van der Waals surface area contributed by atoms with Crippen LogP contribution in [0.3, 0.4) is 0 Å². The van der Waals surface area contributed by atoms with Crippen LogP contribution in [0.5, 0.6) is 11.5 Å². The quantitative estimate of drug-likeness (QED) is 0.186. The van der Waals surface area contributed by atoms with E-state index in [0.29, 0.717) is 22.6 Å². The Morgan fingerprint density at radius 1 is 0.881 bits per heavy atom. The highest BCUT2D eigenvalue weighted by molar-refractivity contribution is 7.94. The zero-order valence-corrected chi connectivity index (χ0v) is 25.3. The lowest BCUT2D eigenvalue weighted by Gasteiger charge is -2.09. The third-order valence-electron chi connectivity index (χ3n) is 6.43. The largest absolute Gasteiger partial charge is 0.493 e. The van der Waals surface area contributed by atoms with Gasteiger partial charge in [-0.3, -0.25) is 9.78 Å². The highest BCUT2D eigenvalue weighted by atomic mass is 32.2. The number of hydrogen-bond acceptors (Lipinski definition) is 9. The summed E-state index contributed by atoms with van der Waals surface area (Å²) in [5.74, 6) is -0.555. The third kappa shape index (κ3) is 6.16. The minimum absolute atomic E-state index is 0.0847. The van der Waals surface area contributed by atoms with Crippen LogP contribution < -0.4 is 14.9 Å². The topological polar surface area (TPSA) is 146 Å². The molecule has 11 nitrogen and oxygen atoms in total. The van der Waals surface area contributed by atoms with E-state index in [4.69, 9.17) is 9.47 Å². The normalized spacial score (nSPS) is 12.1. The Kier molecular flexibility index (Phi) is 9.32. The number of fused-ring (bicyclic) bond motifs is 1. The average Bonchev–Trinajstić information content (AvgIpc) is 3.34. The fraction of sp³-hybridized carbons (Fsp3) is 0.276. The highest BCUT2D eigenvalue weighted by Crippen LogP contribution is 2.36. The molecule has 222 valence electrons. The number of sulfone groups is 2. The Morgan fingerprint density at radius 3 is 2.14 bits per heavy atom. The number of hydrogen-bond donors (Lipinski definition) is 1. The summed E-state index contributed by atoms with van der Waals surface area (Å²) in [7, 11) is -5.33. The lowest BCUT2D eigenvalue weighted by molar-refractivity contribution is 0.0945. The van der Waals surface area contributed by atoms with Gasteiger partial charge in [-0.25, -0.2) is 22.3 Å². The van der Waals surface area contributed by atoms with Crippen LogP contribution in [-0.4, -0.2) is 64.1 Å². The Labute approximate surface area is 245 Å². The number of carbonyl (C=O) groups is 1. The van der Waals surface area contributed by atoms with Crippen molar-refractivity contribution in [1.82, 2.24) is 14.8 Å². The van der Waals surface area contributed by atoms with Crippen LogP contribution in [0, 0.1) is 0 Å². The molecule has 0 saturated carbocycles. The second-order valence-electron chi connectivity index (χ2n) is 9.36. The zero-order valence-electron chi connectivity index (χ0n) is 23.7. The van der Waals surface area contributed by atoms with Gasteiger partial charge in [0.05, 0.1) is 37.5 Å². The molecule has 0 aliphatic rings. The summed E-state index contributed by atoms with van der Waals surface area (Å²) in [5, 5.41) is 4.01. The summed E-state index contributed by atoms with van der Waals surface area (Å²) < 4.78 is 66.4. The van der Waals surface area contributed by atoms with Crippen molar-refractivity contribution in [2.75, 3.05) is 25.7 Å². The number of aromatic nitrogens is 2. The predicted octanol–water partition coefficient (Wildman–Crippen LogP) is 4.15. The molecule has 0 radical (unpaired) electrons. The number of hydrazone groups is 1. The van der Waals surface area contributed by atoms with Gasteiger partial charge in [-0.05, 0) is 72.0 Å². The van der Waals surface area contributed by atoms with E-state index in [0.717, 1.165) is 5.56 Å². The second kappa shape index (κ2) is 12.7. The number of carbonyl (C=O) groups excluding carboxylic acids is 1. The lowest BCUT2D eigenvalue weighted by atomic mass is 10.1. The van der Waals surface area contributed by atoms with E-state index in [1.54, 1.807) is 68.7 Å². The van der Waals surface area contributed by atoms with Gasteiger partial charge in [0.2, 0.25) is 0 Å². The van der Waals surface area contributed by atoms with E-state index in [1.165, 1.54) is 31.0 Å². The van der Waals surface area contributed by atoms with Crippen LogP contribution in [0.4, 0.5) is 0 Å². The predicted molar refractivity (Wildman–Crippen MR) is 160 cm³/mol. The molecule has 1 amide bonds. The number of amides is 1. The Hall–Kier alpha value is -4.23. The van der Waals surface area contributed by atoms with Gasteiger partial charge >= 0.3 is 0 Å². The maximum atomic E-state index is 13.6. The van der Waals surface area contributed by atoms with Crippen LogP contribution in [0.25, 0.3) is 16.6 Å². The van der Waals surface area contributed by atoms with Gasteiger partial charge in [-0.1, -0.05) is 13.8 Å². The molecule has 3 heterocycles. The first-order valence-corrected chi connectivity index (χ1v) is 16.5. The van der Waals surface area contributed by atoms with Crippen molar-refractivity contribution in [1.29, 1.82) is 0 Å². The van der Waals surface area contributed by atoms with Crippen LogP contribution in [0.1, 0.15) is 42.7 Å². The zero-order chi connectivity index (χ0) is 30.5. The first kappa shape index (κ1) is 30.7. The number of rotatable bonds is 12. The molecular weight excluding hydrogens is 580 g/mol. The molecular formula is C29H32N4O7S2. The van der Waals surface area contributed by atoms with Gasteiger partial charge in [-0.2, -0.15) is 5.10 Å². The summed E-state index contributed by atoms with van der Waals surface area (Å²) in [4.78, 5) is 16.7. The molecule has 4 aromatic rings. The van der Waals surface area contributed by atoms with Crippen molar-refractivity contribution in [3.05, 3.63) is 72.3 Å². The molecule has 0 atom stereocenters. The maximum Gasteiger partial charge on any atom is 0.289 e. The molecule has 1 N–H and O–H groups in total. The van der Waals surface area contributed by atoms with E-state index in [9.17, 15) is 21.6 Å². The van der Waals surface area contributed by atoms with Crippen molar-refractivity contribution < 1.29 is 31.1 Å². The molecule has 3 aromatic heterocycles. The minimum atomic E-state index is -4.20. The molecule has 4 rings (SSSR count). The van der Waals surface area contributed by atoms with E-state index in [2.05, 4.69) is 15.5 Å². The van der Waals surface area contributed by atoms with Gasteiger partial charge in [0, 0.05) is 18.6 Å². The molecule has 0 bridgehead atoms. The number of benzene rings is 1. The Morgan fingerprint density at radius 2 is 1.52 bits per heavy atom. The fourth-order valence-electron chi connectivity index (χ4n) is 4.62. The Balaban J connectivity index is 1.92. The number of methoxy groups -OCH3 is 2. The molecule has 13 heteroatoms. The summed E-state index contributed by atoms with van der Waals surface area (Å²) in [6.07, 6.45) is 6.52. The summed E-state index contributed by atoms with van der Waals surface area (Å²) in [5.41, 5.74) is 4.07. The van der Waals surface area contributed by atoms with Gasteiger partial charge in [0.1, 0.15) is 15.5 Å². The minimum Gasteiger partial charge on any atom is -0.493 e. The van der Waals surface area contributed by atoms with Crippen molar-refractivity contribution in [3.8, 4) is 22.6 Å². The van der Waals surface area contributed by atoms with E-state index in [1.807, 2.05) is 0 Å². The van der Waals surface area contributed by atoms with Crippen molar-refractivity contribution in [2.24, 2.45) is 5.10 Å². The van der Waals surface area contributed by atoms with Crippen molar-refractivity contribution in [3.63, 3.8) is 0 Å². The molecule has 1 aromatic carbocycles. The van der Waals surface area contributed by atoms with E-state index in [-0.39, 0.29) is 40.5 Å². The number of pyridine rings is 2. The smallest absolute Gasteiger partial charge is 0.289 e. The van der Waals surface area contributed by atoms with E-state index < -0.39 is 30.5 Å².